The van der Waals surface area contributed by atoms with E-state index in [9.17, 15) is 0 Å². The Bertz CT molecular complexity index is 465. The Balaban J connectivity index is 1.79. The molecule has 1 aromatic carbocycles. The maximum atomic E-state index is 5.34. The van der Waals surface area contributed by atoms with Crippen molar-refractivity contribution in [3.63, 3.8) is 0 Å². The highest BCUT2D eigenvalue weighted by Crippen LogP contribution is 2.34. The minimum atomic E-state index is 0.288. The first-order valence-corrected chi connectivity index (χ1v) is 7.57. The van der Waals surface area contributed by atoms with Crippen LogP contribution in [0, 0.1) is 0 Å². The molecule has 2 N–H and O–H groups in total. The standard InChI is InChI=1S/C15H22N2O2S/c1-3-4-5-6-11(2)16-15(20)17-12-7-8-13-14(9-12)19-10-18-13/h7-9,11H,3-6,10H2,1-2H3,(H2,16,17,20). The van der Waals surface area contributed by atoms with E-state index < -0.39 is 0 Å². The van der Waals surface area contributed by atoms with Gasteiger partial charge < -0.3 is 20.1 Å². The van der Waals surface area contributed by atoms with E-state index in [-0.39, 0.29) is 6.79 Å². The van der Waals surface area contributed by atoms with E-state index >= 15 is 0 Å². The van der Waals surface area contributed by atoms with Gasteiger partial charge in [0.05, 0.1) is 0 Å². The second-order valence-corrected chi connectivity index (χ2v) is 5.47. The highest BCUT2D eigenvalue weighted by molar-refractivity contribution is 7.80. The fraction of sp³-hybridized carbons (Fsp3) is 0.533. The van der Waals surface area contributed by atoms with E-state index in [1.807, 2.05) is 18.2 Å². The van der Waals surface area contributed by atoms with Crippen LogP contribution < -0.4 is 20.1 Å². The number of fused-ring (bicyclic) bond motifs is 1. The molecule has 0 radical (unpaired) electrons. The lowest BCUT2D eigenvalue weighted by atomic mass is 10.1. The van der Waals surface area contributed by atoms with Crippen molar-refractivity contribution in [1.29, 1.82) is 0 Å². The number of benzene rings is 1. The molecule has 0 saturated carbocycles. The quantitative estimate of drug-likeness (QED) is 0.619. The van der Waals surface area contributed by atoms with Crippen molar-refractivity contribution in [3.05, 3.63) is 18.2 Å². The molecule has 2 rings (SSSR count). The number of hydrogen-bond donors (Lipinski definition) is 2. The number of rotatable bonds is 6. The number of hydrogen-bond acceptors (Lipinski definition) is 3. The van der Waals surface area contributed by atoms with Crippen LogP contribution in [0.1, 0.15) is 39.5 Å². The summed E-state index contributed by atoms with van der Waals surface area (Å²) in [4.78, 5) is 0. The largest absolute Gasteiger partial charge is 0.454 e. The third-order valence-electron chi connectivity index (χ3n) is 3.25. The second kappa shape index (κ2) is 7.33. The van der Waals surface area contributed by atoms with Gasteiger partial charge in [-0.15, -0.1) is 0 Å². The summed E-state index contributed by atoms with van der Waals surface area (Å²) in [6, 6.07) is 6.11. The normalized spacial score (nSPS) is 13.9. The van der Waals surface area contributed by atoms with Crippen molar-refractivity contribution in [3.8, 4) is 11.5 Å². The zero-order valence-corrected chi connectivity index (χ0v) is 12.9. The van der Waals surface area contributed by atoms with Crippen molar-refractivity contribution in [1.82, 2.24) is 5.32 Å². The van der Waals surface area contributed by atoms with Gasteiger partial charge in [0.1, 0.15) is 0 Å². The molecule has 0 fully saturated rings. The highest BCUT2D eigenvalue weighted by Gasteiger charge is 2.13. The average Bonchev–Trinajstić information content (AvgIpc) is 2.86. The molecule has 20 heavy (non-hydrogen) atoms. The first-order valence-electron chi connectivity index (χ1n) is 7.16. The van der Waals surface area contributed by atoms with Crippen LogP contribution >= 0.6 is 12.2 Å². The number of thiocarbonyl (C=S) groups is 1. The Hall–Kier alpha value is -1.49. The second-order valence-electron chi connectivity index (χ2n) is 5.06. The maximum Gasteiger partial charge on any atom is 0.231 e. The van der Waals surface area contributed by atoms with Gasteiger partial charge in [-0.05, 0) is 37.7 Å². The van der Waals surface area contributed by atoms with E-state index in [0.29, 0.717) is 11.2 Å². The molecule has 0 bridgehead atoms. The Labute approximate surface area is 125 Å². The van der Waals surface area contributed by atoms with Crippen LogP contribution in [0.15, 0.2) is 18.2 Å². The molecule has 0 spiro atoms. The zero-order chi connectivity index (χ0) is 14.4. The highest BCUT2D eigenvalue weighted by atomic mass is 32.1. The van der Waals surface area contributed by atoms with Gasteiger partial charge >= 0.3 is 0 Å². The predicted octanol–water partition coefficient (Wildman–Crippen LogP) is 3.67. The molecule has 0 saturated heterocycles. The van der Waals surface area contributed by atoms with E-state index in [1.54, 1.807) is 0 Å². The molecule has 1 aliphatic heterocycles. The molecule has 0 aromatic heterocycles. The Morgan fingerprint density at radius 2 is 2.10 bits per heavy atom. The first kappa shape index (κ1) is 14.9. The molecule has 4 nitrogen and oxygen atoms in total. The van der Waals surface area contributed by atoms with Crippen molar-refractivity contribution in [2.24, 2.45) is 0 Å². The van der Waals surface area contributed by atoms with Crippen LogP contribution in [0.4, 0.5) is 5.69 Å². The molecule has 1 unspecified atom stereocenters. The van der Waals surface area contributed by atoms with Gasteiger partial charge in [0.2, 0.25) is 6.79 Å². The summed E-state index contributed by atoms with van der Waals surface area (Å²) in [6.45, 7) is 4.66. The molecular formula is C15H22N2O2S. The van der Waals surface area contributed by atoms with Gasteiger partial charge in [0.25, 0.3) is 0 Å². The van der Waals surface area contributed by atoms with E-state index in [1.165, 1.54) is 19.3 Å². The summed E-state index contributed by atoms with van der Waals surface area (Å²) in [7, 11) is 0. The van der Waals surface area contributed by atoms with Crippen molar-refractivity contribution in [2.75, 3.05) is 12.1 Å². The van der Waals surface area contributed by atoms with Crippen molar-refractivity contribution in [2.45, 2.75) is 45.6 Å². The molecular weight excluding hydrogens is 272 g/mol. The number of nitrogens with one attached hydrogen (secondary N) is 2. The summed E-state index contributed by atoms with van der Waals surface area (Å²) in [5, 5.41) is 7.13. The topological polar surface area (TPSA) is 42.5 Å². The molecule has 110 valence electrons. The fourth-order valence-electron chi connectivity index (χ4n) is 2.14. The molecule has 1 atom stereocenters. The average molecular weight is 294 g/mol. The van der Waals surface area contributed by atoms with Crippen molar-refractivity contribution >= 4 is 23.0 Å². The van der Waals surface area contributed by atoms with Crippen LogP contribution in [0.3, 0.4) is 0 Å². The fourth-order valence-corrected chi connectivity index (χ4v) is 2.46. The molecule has 1 heterocycles. The van der Waals surface area contributed by atoms with E-state index in [0.717, 1.165) is 23.6 Å². The Kier molecular flexibility index (Phi) is 5.47. The summed E-state index contributed by atoms with van der Waals surface area (Å²) >= 11 is 5.32. The maximum absolute atomic E-state index is 5.34. The molecule has 0 aliphatic carbocycles. The molecule has 1 aromatic rings. The summed E-state index contributed by atoms with van der Waals surface area (Å²) in [5.41, 5.74) is 0.910. The third kappa shape index (κ3) is 4.27. The van der Waals surface area contributed by atoms with E-state index in [4.69, 9.17) is 21.7 Å². The number of ether oxygens (including phenoxy) is 2. The monoisotopic (exact) mass is 294 g/mol. The third-order valence-corrected chi connectivity index (χ3v) is 3.47. The summed E-state index contributed by atoms with van der Waals surface area (Å²) < 4.78 is 10.6. The van der Waals surface area contributed by atoms with Gasteiger partial charge in [0.15, 0.2) is 16.6 Å². The van der Waals surface area contributed by atoms with Gasteiger partial charge in [-0.2, -0.15) is 0 Å². The number of unbranched alkanes of at least 4 members (excludes halogenated alkanes) is 2. The first-order chi connectivity index (χ1) is 9.69. The van der Waals surface area contributed by atoms with Crippen LogP contribution in [0.2, 0.25) is 0 Å². The Morgan fingerprint density at radius 1 is 1.30 bits per heavy atom. The van der Waals surface area contributed by atoms with Gasteiger partial charge in [0, 0.05) is 17.8 Å². The lowest BCUT2D eigenvalue weighted by Gasteiger charge is -2.17. The lowest BCUT2D eigenvalue weighted by Crippen LogP contribution is -2.35. The van der Waals surface area contributed by atoms with Crippen LogP contribution in [-0.4, -0.2) is 17.9 Å². The minimum Gasteiger partial charge on any atom is -0.454 e. The lowest BCUT2D eigenvalue weighted by molar-refractivity contribution is 0.174. The molecule has 1 aliphatic rings. The molecule has 5 heteroatoms. The van der Waals surface area contributed by atoms with Gasteiger partial charge in [-0.3, -0.25) is 0 Å². The predicted molar refractivity (Wildman–Crippen MR) is 85.5 cm³/mol. The minimum absolute atomic E-state index is 0.288. The van der Waals surface area contributed by atoms with E-state index in [2.05, 4.69) is 24.5 Å². The van der Waals surface area contributed by atoms with Gasteiger partial charge in [-0.1, -0.05) is 26.2 Å². The number of anilines is 1. The van der Waals surface area contributed by atoms with Gasteiger partial charge in [-0.25, -0.2) is 0 Å². The van der Waals surface area contributed by atoms with Crippen LogP contribution in [0.5, 0.6) is 11.5 Å². The SMILES string of the molecule is CCCCCC(C)NC(=S)Nc1ccc2c(c1)OCO2. The van der Waals surface area contributed by atoms with Crippen LogP contribution in [0.25, 0.3) is 0 Å². The Morgan fingerprint density at radius 3 is 2.90 bits per heavy atom. The zero-order valence-electron chi connectivity index (χ0n) is 12.1. The van der Waals surface area contributed by atoms with Crippen molar-refractivity contribution < 1.29 is 9.47 Å². The summed E-state index contributed by atoms with van der Waals surface area (Å²) in [6.07, 6.45) is 4.88. The van der Waals surface area contributed by atoms with Crippen LogP contribution in [-0.2, 0) is 0 Å². The molecule has 0 amide bonds. The smallest absolute Gasteiger partial charge is 0.231 e. The summed E-state index contributed by atoms with van der Waals surface area (Å²) in [5.74, 6) is 1.54.